The Morgan fingerprint density at radius 2 is 2.00 bits per heavy atom. The molecule has 1 aromatic heterocycles. The van der Waals surface area contributed by atoms with E-state index in [1.54, 1.807) is 6.20 Å². The van der Waals surface area contributed by atoms with Crippen LogP contribution in [-0.4, -0.2) is 9.97 Å². The first-order chi connectivity index (χ1) is 5.91. The van der Waals surface area contributed by atoms with Crippen LogP contribution in [0.15, 0.2) is 16.9 Å². The molecule has 0 aliphatic heterocycles. The van der Waals surface area contributed by atoms with Gasteiger partial charge >= 0.3 is 0 Å². The van der Waals surface area contributed by atoms with Gasteiger partial charge in [-0.3, -0.25) is 0 Å². The van der Waals surface area contributed by atoms with Gasteiger partial charge in [-0.25, -0.2) is 9.97 Å². The molecular weight excluding hydrogens is 228 g/mol. The van der Waals surface area contributed by atoms with Crippen LogP contribution in [0.1, 0.15) is 39.4 Å². The Balaban J connectivity index is 2.96. The maximum atomic E-state index is 4.35. The Labute approximate surface area is 87.9 Å². The first-order valence-corrected chi connectivity index (χ1v) is 5.19. The monoisotopic (exact) mass is 242 g/mol. The van der Waals surface area contributed by atoms with Crippen molar-refractivity contribution >= 4 is 15.9 Å². The normalized spacial score (nSPS) is 14.2. The van der Waals surface area contributed by atoms with Crippen LogP contribution in [0, 0.1) is 5.41 Å². The lowest BCUT2D eigenvalue weighted by atomic mass is 9.81. The summed E-state index contributed by atoms with van der Waals surface area (Å²) >= 11 is 3.35. The van der Waals surface area contributed by atoms with E-state index in [1.807, 2.05) is 6.07 Å². The zero-order valence-corrected chi connectivity index (χ0v) is 10.1. The van der Waals surface area contributed by atoms with Crippen molar-refractivity contribution in [3.63, 3.8) is 0 Å². The summed E-state index contributed by atoms with van der Waals surface area (Å²) in [7, 11) is 0. The van der Waals surface area contributed by atoms with Gasteiger partial charge in [-0.05, 0) is 27.4 Å². The molecule has 0 N–H and O–H groups in total. The molecule has 0 bridgehead atoms. The van der Waals surface area contributed by atoms with Crippen molar-refractivity contribution in [2.75, 3.05) is 0 Å². The van der Waals surface area contributed by atoms with Crippen molar-refractivity contribution < 1.29 is 0 Å². The summed E-state index contributed by atoms with van der Waals surface area (Å²) in [4.78, 5) is 8.61. The van der Waals surface area contributed by atoms with Crippen molar-refractivity contribution in [2.24, 2.45) is 5.41 Å². The molecule has 0 radical (unpaired) electrons. The van der Waals surface area contributed by atoms with Gasteiger partial charge in [0.2, 0.25) is 0 Å². The third-order valence-corrected chi connectivity index (χ3v) is 2.77. The Hall–Kier alpha value is -0.440. The van der Waals surface area contributed by atoms with Crippen molar-refractivity contribution in [3.05, 3.63) is 22.7 Å². The molecule has 2 nitrogen and oxygen atoms in total. The van der Waals surface area contributed by atoms with E-state index in [0.717, 1.165) is 10.4 Å². The molecule has 1 atom stereocenters. The number of hydrogen-bond acceptors (Lipinski definition) is 2. The van der Waals surface area contributed by atoms with E-state index in [2.05, 4.69) is 53.6 Å². The van der Waals surface area contributed by atoms with Gasteiger partial charge in [0, 0.05) is 12.1 Å². The molecule has 1 aromatic rings. The summed E-state index contributed by atoms with van der Waals surface area (Å²) in [5.41, 5.74) is 0.209. The van der Waals surface area contributed by atoms with Gasteiger partial charge in [-0.1, -0.05) is 27.7 Å². The lowest BCUT2D eigenvalue weighted by molar-refractivity contribution is 0.327. The minimum absolute atomic E-state index is 0.209. The zero-order chi connectivity index (χ0) is 10.1. The summed E-state index contributed by atoms with van der Waals surface area (Å²) in [6.07, 6.45) is 1.79. The van der Waals surface area contributed by atoms with E-state index < -0.39 is 0 Å². The number of aromatic nitrogens is 2. The van der Waals surface area contributed by atoms with Gasteiger partial charge in [0.1, 0.15) is 10.4 Å². The highest BCUT2D eigenvalue weighted by Gasteiger charge is 2.23. The average molecular weight is 243 g/mol. The molecule has 0 saturated carbocycles. The van der Waals surface area contributed by atoms with Crippen LogP contribution in [0.25, 0.3) is 0 Å². The Kier molecular flexibility index (Phi) is 3.06. The average Bonchev–Trinajstić information content (AvgIpc) is 2.01. The Morgan fingerprint density at radius 3 is 2.46 bits per heavy atom. The second-order valence-electron chi connectivity index (χ2n) is 4.33. The fraction of sp³-hybridized carbons (Fsp3) is 0.600. The molecule has 3 heteroatoms. The molecule has 0 spiro atoms. The van der Waals surface area contributed by atoms with E-state index in [1.165, 1.54) is 0 Å². The van der Waals surface area contributed by atoms with E-state index in [-0.39, 0.29) is 5.41 Å². The van der Waals surface area contributed by atoms with Crippen molar-refractivity contribution in [2.45, 2.75) is 33.6 Å². The number of rotatable bonds is 1. The second kappa shape index (κ2) is 3.74. The van der Waals surface area contributed by atoms with Crippen LogP contribution in [0.4, 0.5) is 0 Å². The van der Waals surface area contributed by atoms with Gasteiger partial charge in [-0.2, -0.15) is 0 Å². The molecule has 0 fully saturated rings. The maximum absolute atomic E-state index is 4.35. The molecule has 1 heterocycles. The third kappa shape index (κ3) is 2.76. The topological polar surface area (TPSA) is 25.8 Å². The molecular formula is C10H15BrN2. The van der Waals surface area contributed by atoms with Crippen LogP contribution in [0.2, 0.25) is 0 Å². The molecule has 0 aliphatic rings. The van der Waals surface area contributed by atoms with Gasteiger partial charge in [0.25, 0.3) is 0 Å². The van der Waals surface area contributed by atoms with E-state index in [0.29, 0.717) is 5.92 Å². The SMILES string of the molecule is CC(c1nccc(Br)n1)C(C)(C)C. The predicted octanol–water partition coefficient (Wildman–Crippen LogP) is 3.39. The van der Waals surface area contributed by atoms with Crippen molar-refractivity contribution in [1.29, 1.82) is 0 Å². The largest absolute Gasteiger partial charge is 0.241 e. The standard InChI is InChI=1S/C10H15BrN2/c1-7(10(2,3)4)9-12-6-5-8(11)13-9/h5-7H,1-4H3. The number of nitrogens with zero attached hydrogens (tertiary/aromatic N) is 2. The number of hydrogen-bond donors (Lipinski definition) is 0. The lowest BCUT2D eigenvalue weighted by Crippen LogP contribution is -2.17. The summed E-state index contributed by atoms with van der Waals surface area (Å²) in [5.74, 6) is 1.27. The molecule has 0 saturated heterocycles. The highest BCUT2D eigenvalue weighted by molar-refractivity contribution is 9.10. The van der Waals surface area contributed by atoms with Crippen LogP contribution < -0.4 is 0 Å². The number of halogens is 1. The van der Waals surface area contributed by atoms with Gasteiger partial charge in [-0.15, -0.1) is 0 Å². The van der Waals surface area contributed by atoms with E-state index >= 15 is 0 Å². The quantitative estimate of drug-likeness (QED) is 0.706. The van der Waals surface area contributed by atoms with Crippen LogP contribution in [0.5, 0.6) is 0 Å². The fourth-order valence-electron chi connectivity index (χ4n) is 0.947. The molecule has 1 rings (SSSR count). The molecule has 72 valence electrons. The highest BCUT2D eigenvalue weighted by atomic mass is 79.9. The Morgan fingerprint density at radius 1 is 1.38 bits per heavy atom. The molecule has 1 unspecified atom stereocenters. The summed E-state index contributed by atoms with van der Waals surface area (Å²) in [5, 5.41) is 0. The van der Waals surface area contributed by atoms with Gasteiger partial charge in [0.05, 0.1) is 0 Å². The Bertz CT molecular complexity index is 291. The summed E-state index contributed by atoms with van der Waals surface area (Å²) in [6.45, 7) is 8.74. The summed E-state index contributed by atoms with van der Waals surface area (Å²) in [6, 6.07) is 1.85. The first-order valence-electron chi connectivity index (χ1n) is 4.39. The lowest BCUT2D eigenvalue weighted by Gasteiger charge is -2.25. The van der Waals surface area contributed by atoms with Crippen molar-refractivity contribution in [1.82, 2.24) is 9.97 Å². The zero-order valence-electron chi connectivity index (χ0n) is 8.50. The first kappa shape index (κ1) is 10.6. The predicted molar refractivity (Wildman–Crippen MR) is 57.6 cm³/mol. The van der Waals surface area contributed by atoms with Crippen molar-refractivity contribution in [3.8, 4) is 0 Å². The minimum atomic E-state index is 0.209. The van der Waals surface area contributed by atoms with E-state index in [9.17, 15) is 0 Å². The fourth-order valence-corrected chi connectivity index (χ4v) is 1.25. The van der Waals surface area contributed by atoms with Gasteiger partial charge < -0.3 is 0 Å². The summed E-state index contributed by atoms with van der Waals surface area (Å²) < 4.78 is 0.855. The molecule has 0 aromatic carbocycles. The maximum Gasteiger partial charge on any atom is 0.132 e. The van der Waals surface area contributed by atoms with Crippen LogP contribution in [0.3, 0.4) is 0 Å². The molecule has 0 amide bonds. The van der Waals surface area contributed by atoms with Gasteiger partial charge in [0.15, 0.2) is 0 Å². The van der Waals surface area contributed by atoms with Crippen LogP contribution in [-0.2, 0) is 0 Å². The molecule has 13 heavy (non-hydrogen) atoms. The highest BCUT2D eigenvalue weighted by Crippen LogP contribution is 2.32. The second-order valence-corrected chi connectivity index (χ2v) is 5.14. The molecule has 0 aliphatic carbocycles. The third-order valence-electron chi connectivity index (χ3n) is 2.33. The van der Waals surface area contributed by atoms with E-state index in [4.69, 9.17) is 0 Å². The van der Waals surface area contributed by atoms with Crippen LogP contribution >= 0.6 is 15.9 Å². The smallest absolute Gasteiger partial charge is 0.132 e. The minimum Gasteiger partial charge on any atom is -0.241 e.